The summed E-state index contributed by atoms with van der Waals surface area (Å²) in [6, 6.07) is 9.01. The number of rotatable bonds is 7. The number of benzene rings is 1. The number of nitrogens with one attached hydrogen (secondary N) is 1. The number of nitrogens with zero attached hydrogens (tertiary/aromatic N) is 1. The van der Waals surface area contributed by atoms with Crippen molar-refractivity contribution in [2.45, 2.75) is 39.0 Å². The zero-order valence-corrected chi connectivity index (χ0v) is 18.0. The highest BCUT2D eigenvalue weighted by Gasteiger charge is 2.37. The van der Waals surface area contributed by atoms with Gasteiger partial charge in [-0.2, -0.15) is 0 Å². The predicted molar refractivity (Wildman–Crippen MR) is 115 cm³/mol. The lowest BCUT2D eigenvalue weighted by molar-refractivity contribution is -0.120. The maximum Gasteiger partial charge on any atom is 0.325 e. The van der Waals surface area contributed by atoms with Crippen molar-refractivity contribution in [1.29, 1.82) is 0 Å². The Morgan fingerprint density at radius 3 is 2.45 bits per heavy atom. The first-order valence-corrected chi connectivity index (χ1v) is 9.80. The number of hydrogen-bond donors (Lipinski definition) is 1. The smallest absolute Gasteiger partial charge is 0.325 e. The van der Waals surface area contributed by atoms with E-state index in [9.17, 15) is 9.59 Å². The Hall–Kier alpha value is -2.57. The first-order chi connectivity index (χ1) is 14.0. The SMILES string of the molecule is C#C.C#C.CCC(=O)NC(=O)N(C)C1OC(COPOc2ccccc2)C[C@@H]1C. The summed E-state index contributed by atoms with van der Waals surface area (Å²) in [5.41, 5.74) is 0. The molecule has 1 fully saturated rings. The number of imide groups is 1. The summed E-state index contributed by atoms with van der Waals surface area (Å²) in [6.45, 7) is 4.11. The number of carbonyl (C=O) groups excluding carboxylic acids is 2. The largest absolute Gasteiger partial charge is 0.450 e. The molecule has 8 heteroatoms. The number of urea groups is 1. The van der Waals surface area contributed by atoms with Crippen molar-refractivity contribution in [2.24, 2.45) is 5.92 Å². The van der Waals surface area contributed by atoms with Crippen molar-refractivity contribution in [3.8, 4) is 31.4 Å². The third-order valence-electron chi connectivity index (χ3n) is 3.95. The Morgan fingerprint density at radius 1 is 1.24 bits per heavy atom. The fraction of sp³-hybridized carbons (Fsp3) is 0.429. The van der Waals surface area contributed by atoms with E-state index >= 15 is 0 Å². The van der Waals surface area contributed by atoms with Crippen LogP contribution in [0.3, 0.4) is 0 Å². The molecule has 29 heavy (non-hydrogen) atoms. The Labute approximate surface area is 175 Å². The van der Waals surface area contributed by atoms with Crippen molar-refractivity contribution < 1.29 is 23.4 Å². The molecule has 4 atom stereocenters. The van der Waals surface area contributed by atoms with E-state index in [1.54, 1.807) is 14.0 Å². The summed E-state index contributed by atoms with van der Waals surface area (Å²) in [6.07, 6.45) is 16.6. The monoisotopic (exact) mass is 420 g/mol. The number of ether oxygens (including phenoxy) is 1. The standard InChI is InChI=1S/C17H25N2O5P.2C2H2/c1-4-15(20)18-17(21)19(3)16-12(2)10-14(23-16)11-22-25-24-13-8-6-5-7-9-13;2*1-2/h5-9,12,14,16,25H,4,10-11H2,1-3H3,(H,18,20,21);2*1-2H/t12-,14?,16?;;/m0../s1. The van der Waals surface area contributed by atoms with Gasteiger partial charge in [0.15, 0.2) is 0 Å². The minimum absolute atomic E-state index is 0.107. The normalized spacial score (nSPS) is 19.9. The molecule has 1 heterocycles. The summed E-state index contributed by atoms with van der Waals surface area (Å²) < 4.78 is 16.9. The van der Waals surface area contributed by atoms with E-state index < -0.39 is 6.03 Å². The molecule has 1 N–H and O–H groups in total. The molecule has 1 saturated heterocycles. The fourth-order valence-electron chi connectivity index (χ4n) is 2.60. The Kier molecular flexibility index (Phi) is 14.0. The lowest BCUT2D eigenvalue weighted by Crippen LogP contribution is -2.47. The second-order valence-corrected chi connectivity index (χ2v) is 6.65. The van der Waals surface area contributed by atoms with Crippen LogP contribution in [0.2, 0.25) is 0 Å². The number of amides is 3. The van der Waals surface area contributed by atoms with E-state index in [2.05, 4.69) is 31.0 Å². The van der Waals surface area contributed by atoms with E-state index in [1.807, 2.05) is 37.3 Å². The topological polar surface area (TPSA) is 77.1 Å². The molecule has 1 aromatic carbocycles. The third-order valence-corrected chi connectivity index (χ3v) is 4.56. The van der Waals surface area contributed by atoms with Crippen molar-refractivity contribution in [1.82, 2.24) is 10.2 Å². The summed E-state index contributed by atoms with van der Waals surface area (Å²) in [5.74, 6) is 0.609. The third kappa shape index (κ3) is 9.45. The molecule has 0 aromatic heterocycles. The van der Waals surface area contributed by atoms with Crippen LogP contribution in [-0.2, 0) is 14.1 Å². The van der Waals surface area contributed by atoms with Gasteiger partial charge in [0.2, 0.25) is 14.9 Å². The zero-order valence-electron chi connectivity index (χ0n) is 17.0. The summed E-state index contributed by atoms with van der Waals surface area (Å²) in [4.78, 5) is 24.8. The second-order valence-electron chi connectivity index (χ2n) is 5.99. The molecule has 1 aliphatic rings. The van der Waals surface area contributed by atoms with Crippen LogP contribution in [0.1, 0.15) is 26.7 Å². The molecule has 3 amide bonds. The average molecular weight is 420 g/mol. The molecule has 0 saturated carbocycles. The van der Waals surface area contributed by atoms with Crippen LogP contribution in [0, 0.1) is 31.6 Å². The molecule has 3 unspecified atom stereocenters. The van der Waals surface area contributed by atoms with Gasteiger partial charge in [0.05, 0.1) is 12.7 Å². The van der Waals surface area contributed by atoms with Crippen LogP contribution in [0.25, 0.3) is 0 Å². The summed E-state index contributed by atoms with van der Waals surface area (Å²) in [5, 5.41) is 2.33. The Balaban J connectivity index is 0.00000184. The van der Waals surface area contributed by atoms with Gasteiger partial charge in [-0.1, -0.05) is 32.0 Å². The highest BCUT2D eigenvalue weighted by atomic mass is 31.1. The van der Waals surface area contributed by atoms with Crippen molar-refractivity contribution in [3.63, 3.8) is 0 Å². The molecule has 7 nitrogen and oxygen atoms in total. The van der Waals surface area contributed by atoms with Gasteiger partial charge in [-0.05, 0) is 18.6 Å². The lowest BCUT2D eigenvalue weighted by atomic mass is 10.1. The maximum absolute atomic E-state index is 12.0. The van der Waals surface area contributed by atoms with Crippen molar-refractivity contribution >= 4 is 21.0 Å². The molecule has 158 valence electrons. The Bertz CT molecular complexity index is 644. The van der Waals surface area contributed by atoms with Crippen LogP contribution in [0.5, 0.6) is 5.75 Å². The molecule has 2 rings (SSSR count). The molecule has 1 aliphatic heterocycles. The number of hydrogen-bond acceptors (Lipinski definition) is 5. The average Bonchev–Trinajstić information content (AvgIpc) is 3.14. The van der Waals surface area contributed by atoms with Gasteiger partial charge in [-0.15, -0.1) is 25.7 Å². The van der Waals surface area contributed by atoms with Crippen LogP contribution in [0.4, 0.5) is 4.79 Å². The van der Waals surface area contributed by atoms with Gasteiger partial charge in [0.1, 0.15) is 12.0 Å². The van der Waals surface area contributed by atoms with Crippen LogP contribution < -0.4 is 9.84 Å². The molecule has 0 radical (unpaired) electrons. The van der Waals surface area contributed by atoms with Crippen LogP contribution in [0.15, 0.2) is 30.3 Å². The fourth-order valence-corrected chi connectivity index (χ4v) is 3.15. The van der Waals surface area contributed by atoms with Gasteiger partial charge in [-0.25, -0.2) is 4.79 Å². The predicted octanol–water partition coefficient (Wildman–Crippen LogP) is 3.42. The van der Waals surface area contributed by atoms with Crippen LogP contribution >= 0.6 is 9.03 Å². The quantitative estimate of drug-likeness (QED) is 0.416. The number of terminal acetylenes is 2. The molecule has 0 spiro atoms. The van der Waals surface area contributed by atoms with E-state index in [0.717, 1.165) is 12.2 Å². The first kappa shape index (κ1) is 26.4. The Morgan fingerprint density at radius 2 is 1.86 bits per heavy atom. The first-order valence-electron chi connectivity index (χ1n) is 8.98. The van der Waals surface area contributed by atoms with E-state index in [4.69, 9.17) is 13.8 Å². The van der Waals surface area contributed by atoms with E-state index in [-0.39, 0.29) is 39.6 Å². The van der Waals surface area contributed by atoms with Gasteiger partial charge in [0, 0.05) is 19.4 Å². The minimum atomic E-state index is -0.445. The van der Waals surface area contributed by atoms with Crippen molar-refractivity contribution in [2.75, 3.05) is 13.7 Å². The van der Waals surface area contributed by atoms with Gasteiger partial charge >= 0.3 is 6.03 Å². The zero-order chi connectivity index (χ0) is 22.2. The molecular weight excluding hydrogens is 391 g/mol. The maximum atomic E-state index is 12.0. The van der Waals surface area contributed by atoms with Crippen molar-refractivity contribution in [3.05, 3.63) is 30.3 Å². The lowest BCUT2D eigenvalue weighted by Gasteiger charge is -2.27. The molecule has 0 aliphatic carbocycles. The highest BCUT2D eigenvalue weighted by molar-refractivity contribution is 7.26. The number of para-hydroxylation sites is 1. The highest BCUT2D eigenvalue weighted by Crippen LogP contribution is 2.30. The second kappa shape index (κ2) is 15.4. The molecular formula is C21H29N2O5P. The molecule has 1 aromatic rings. The van der Waals surface area contributed by atoms with Gasteiger partial charge in [0.25, 0.3) is 0 Å². The van der Waals surface area contributed by atoms with Gasteiger partial charge in [-0.3, -0.25) is 10.1 Å². The summed E-state index contributed by atoms with van der Waals surface area (Å²) in [7, 11) is 1.52. The minimum Gasteiger partial charge on any atom is -0.450 e. The van der Waals surface area contributed by atoms with E-state index in [0.29, 0.717) is 6.61 Å². The van der Waals surface area contributed by atoms with Gasteiger partial charge < -0.3 is 18.7 Å². The van der Waals surface area contributed by atoms with Crippen LogP contribution in [-0.4, -0.2) is 42.8 Å². The molecule has 0 bridgehead atoms. The number of carbonyl (C=O) groups is 2. The summed E-state index contributed by atoms with van der Waals surface area (Å²) >= 11 is 0. The van der Waals surface area contributed by atoms with E-state index in [1.165, 1.54) is 4.90 Å².